The Kier molecular flexibility index (Phi) is 5.01. The van der Waals surface area contributed by atoms with Gasteiger partial charge in [0.15, 0.2) is 6.79 Å². The molecule has 0 aliphatic rings. The van der Waals surface area contributed by atoms with Crippen LogP contribution in [-0.2, 0) is 14.3 Å². The van der Waals surface area contributed by atoms with Gasteiger partial charge in [0.2, 0.25) is 0 Å². The summed E-state index contributed by atoms with van der Waals surface area (Å²) >= 11 is 0. The number of halogens is 2. The molecule has 0 saturated heterocycles. The van der Waals surface area contributed by atoms with Gasteiger partial charge >= 0.3 is 5.97 Å². The molecule has 5 heteroatoms. The number of hydrogen-bond acceptors (Lipinski definition) is 3. The standard InChI is InChI=1S/C9H12F2O3/c1-4-5-13-6-14-8(12)7(2)9(3,10)11/h4H,1-2,5-6H2,3H3. The van der Waals surface area contributed by atoms with E-state index in [-0.39, 0.29) is 13.4 Å². The van der Waals surface area contributed by atoms with Gasteiger partial charge in [0, 0.05) is 6.92 Å². The zero-order valence-corrected chi connectivity index (χ0v) is 7.89. The zero-order valence-electron chi connectivity index (χ0n) is 7.89. The molecule has 0 aliphatic carbocycles. The Bertz CT molecular complexity index is 231. The second-order valence-electron chi connectivity index (χ2n) is 2.58. The SMILES string of the molecule is C=CCOCOC(=O)C(=C)C(C)(F)F. The fourth-order valence-corrected chi connectivity index (χ4v) is 0.493. The molecule has 3 nitrogen and oxygen atoms in total. The molecule has 0 radical (unpaired) electrons. The van der Waals surface area contributed by atoms with Crippen LogP contribution < -0.4 is 0 Å². The summed E-state index contributed by atoms with van der Waals surface area (Å²) in [6.45, 7) is 6.64. The predicted octanol–water partition coefficient (Wildman–Crippen LogP) is 1.90. The smallest absolute Gasteiger partial charge is 0.341 e. The van der Waals surface area contributed by atoms with Crippen LogP contribution in [0.1, 0.15) is 6.92 Å². The van der Waals surface area contributed by atoms with Crippen molar-refractivity contribution in [3.8, 4) is 0 Å². The maximum Gasteiger partial charge on any atom is 0.341 e. The first kappa shape index (κ1) is 12.8. The number of hydrogen-bond donors (Lipinski definition) is 0. The fourth-order valence-electron chi connectivity index (χ4n) is 0.493. The molecule has 0 aromatic rings. The second-order valence-corrected chi connectivity index (χ2v) is 2.58. The van der Waals surface area contributed by atoms with Gasteiger partial charge < -0.3 is 9.47 Å². The lowest BCUT2D eigenvalue weighted by atomic mass is 10.2. The summed E-state index contributed by atoms with van der Waals surface area (Å²) < 4.78 is 34.0. The normalized spacial score (nSPS) is 10.8. The van der Waals surface area contributed by atoms with Gasteiger partial charge in [-0.3, -0.25) is 0 Å². The first-order chi connectivity index (χ1) is 6.39. The quantitative estimate of drug-likeness (QED) is 0.219. The summed E-state index contributed by atoms with van der Waals surface area (Å²) in [6.07, 6.45) is 1.44. The molecular formula is C9H12F2O3. The monoisotopic (exact) mass is 206 g/mol. The molecule has 0 heterocycles. The highest BCUT2D eigenvalue weighted by molar-refractivity contribution is 5.89. The van der Waals surface area contributed by atoms with Gasteiger partial charge in [-0.05, 0) is 0 Å². The Morgan fingerprint density at radius 3 is 2.57 bits per heavy atom. The molecule has 0 bridgehead atoms. The Hall–Kier alpha value is -1.23. The molecule has 14 heavy (non-hydrogen) atoms. The first-order valence-electron chi connectivity index (χ1n) is 3.82. The van der Waals surface area contributed by atoms with E-state index in [0.717, 1.165) is 0 Å². The maximum absolute atomic E-state index is 12.5. The van der Waals surface area contributed by atoms with Crippen molar-refractivity contribution in [1.82, 2.24) is 0 Å². The van der Waals surface area contributed by atoms with Crippen molar-refractivity contribution >= 4 is 5.97 Å². The minimum absolute atomic E-state index is 0.183. The van der Waals surface area contributed by atoms with Gasteiger partial charge in [-0.2, -0.15) is 0 Å². The van der Waals surface area contributed by atoms with Crippen LogP contribution in [0.5, 0.6) is 0 Å². The summed E-state index contributed by atoms with van der Waals surface area (Å²) in [4.78, 5) is 10.8. The lowest BCUT2D eigenvalue weighted by Gasteiger charge is -2.12. The van der Waals surface area contributed by atoms with Gasteiger partial charge in [-0.25, -0.2) is 13.6 Å². The number of ether oxygens (including phenoxy) is 2. The number of carbonyl (C=O) groups is 1. The lowest BCUT2D eigenvalue weighted by Crippen LogP contribution is -2.23. The summed E-state index contributed by atoms with van der Waals surface area (Å²) in [5.74, 6) is -4.43. The third-order valence-electron chi connectivity index (χ3n) is 1.29. The molecule has 0 unspecified atom stereocenters. The van der Waals surface area contributed by atoms with Crippen LogP contribution in [0.25, 0.3) is 0 Å². The van der Waals surface area contributed by atoms with E-state index >= 15 is 0 Å². The second kappa shape index (κ2) is 5.49. The Morgan fingerprint density at radius 1 is 1.57 bits per heavy atom. The predicted molar refractivity (Wildman–Crippen MR) is 46.9 cm³/mol. The van der Waals surface area contributed by atoms with Crippen LogP contribution in [0.15, 0.2) is 24.8 Å². The molecule has 0 atom stereocenters. The van der Waals surface area contributed by atoms with Crippen LogP contribution in [0.4, 0.5) is 8.78 Å². The van der Waals surface area contributed by atoms with Gasteiger partial charge in [-0.1, -0.05) is 12.7 Å². The van der Waals surface area contributed by atoms with E-state index in [1.54, 1.807) is 0 Å². The van der Waals surface area contributed by atoms with Crippen molar-refractivity contribution in [3.05, 3.63) is 24.8 Å². The highest BCUT2D eigenvalue weighted by atomic mass is 19.3. The summed E-state index contributed by atoms with van der Waals surface area (Å²) in [5.41, 5.74) is -0.889. The highest BCUT2D eigenvalue weighted by Crippen LogP contribution is 2.22. The van der Waals surface area contributed by atoms with E-state index in [4.69, 9.17) is 0 Å². The van der Waals surface area contributed by atoms with Crippen molar-refractivity contribution in [3.63, 3.8) is 0 Å². The summed E-state index contributed by atoms with van der Waals surface area (Å²) in [6, 6.07) is 0. The van der Waals surface area contributed by atoms with E-state index in [1.165, 1.54) is 6.08 Å². The molecule has 0 rings (SSSR count). The average molecular weight is 206 g/mol. The highest BCUT2D eigenvalue weighted by Gasteiger charge is 2.32. The van der Waals surface area contributed by atoms with E-state index in [0.29, 0.717) is 6.92 Å². The number of rotatable bonds is 6. The van der Waals surface area contributed by atoms with Crippen molar-refractivity contribution < 1.29 is 23.0 Å². The third-order valence-corrected chi connectivity index (χ3v) is 1.29. The van der Waals surface area contributed by atoms with E-state index in [1.807, 2.05) is 0 Å². The Balaban J connectivity index is 3.86. The summed E-state index contributed by atoms with van der Waals surface area (Å²) in [5, 5.41) is 0. The molecule has 0 N–H and O–H groups in total. The first-order valence-corrected chi connectivity index (χ1v) is 3.82. The number of alkyl halides is 2. The topological polar surface area (TPSA) is 35.5 Å². The van der Waals surface area contributed by atoms with Crippen molar-refractivity contribution in [2.24, 2.45) is 0 Å². The van der Waals surface area contributed by atoms with Crippen LogP contribution in [-0.4, -0.2) is 25.3 Å². The van der Waals surface area contributed by atoms with Gasteiger partial charge in [0.1, 0.15) is 0 Å². The van der Waals surface area contributed by atoms with Crippen LogP contribution in [0.2, 0.25) is 0 Å². The molecule has 80 valence electrons. The van der Waals surface area contributed by atoms with E-state index in [9.17, 15) is 13.6 Å². The van der Waals surface area contributed by atoms with E-state index < -0.39 is 17.5 Å². The molecule has 0 spiro atoms. The van der Waals surface area contributed by atoms with Crippen molar-refractivity contribution in [2.75, 3.05) is 13.4 Å². The molecule has 0 fully saturated rings. The van der Waals surface area contributed by atoms with Gasteiger partial charge in [0.25, 0.3) is 5.92 Å². The Labute approximate surface area is 81.0 Å². The largest absolute Gasteiger partial charge is 0.435 e. The minimum Gasteiger partial charge on any atom is -0.435 e. The van der Waals surface area contributed by atoms with E-state index in [2.05, 4.69) is 22.6 Å². The lowest BCUT2D eigenvalue weighted by molar-refractivity contribution is -0.153. The summed E-state index contributed by atoms with van der Waals surface area (Å²) in [7, 11) is 0. The molecule has 0 aliphatic heterocycles. The van der Waals surface area contributed by atoms with Crippen molar-refractivity contribution in [1.29, 1.82) is 0 Å². The molecule has 0 amide bonds. The minimum atomic E-state index is -3.27. The number of esters is 1. The van der Waals surface area contributed by atoms with Crippen LogP contribution in [0, 0.1) is 0 Å². The Morgan fingerprint density at radius 2 is 2.14 bits per heavy atom. The fraction of sp³-hybridized carbons (Fsp3) is 0.444. The average Bonchev–Trinajstić information content (AvgIpc) is 2.09. The molecular weight excluding hydrogens is 194 g/mol. The molecule has 0 aromatic carbocycles. The van der Waals surface area contributed by atoms with Crippen LogP contribution in [0.3, 0.4) is 0 Å². The van der Waals surface area contributed by atoms with Gasteiger partial charge in [-0.15, -0.1) is 6.58 Å². The third kappa shape index (κ3) is 4.71. The van der Waals surface area contributed by atoms with Crippen LogP contribution >= 0.6 is 0 Å². The molecule has 0 saturated carbocycles. The zero-order chi connectivity index (χ0) is 11.2. The molecule has 0 aromatic heterocycles. The number of carbonyl (C=O) groups excluding carboxylic acids is 1. The maximum atomic E-state index is 12.5. The van der Waals surface area contributed by atoms with Gasteiger partial charge in [0.05, 0.1) is 12.2 Å². The van der Waals surface area contributed by atoms with Crippen molar-refractivity contribution in [2.45, 2.75) is 12.8 Å².